The van der Waals surface area contributed by atoms with E-state index < -0.39 is 11.4 Å². The molecule has 0 amide bonds. The maximum Gasteiger partial charge on any atom is 0.250 e. The highest BCUT2D eigenvalue weighted by Crippen LogP contribution is 2.36. The van der Waals surface area contributed by atoms with E-state index in [1.165, 1.54) is 12.3 Å². The number of aromatic nitrogens is 5. The molecule has 2 atom stereocenters. The van der Waals surface area contributed by atoms with Crippen LogP contribution in [0.5, 0.6) is 11.6 Å². The van der Waals surface area contributed by atoms with Crippen LogP contribution in [0.2, 0.25) is 0 Å². The van der Waals surface area contributed by atoms with Crippen LogP contribution in [0.1, 0.15) is 38.3 Å². The van der Waals surface area contributed by atoms with Gasteiger partial charge < -0.3 is 19.5 Å². The number of halogens is 1. The van der Waals surface area contributed by atoms with Gasteiger partial charge in [-0.2, -0.15) is 15.5 Å². The fourth-order valence-electron chi connectivity index (χ4n) is 5.43. The van der Waals surface area contributed by atoms with Crippen LogP contribution >= 0.6 is 0 Å². The van der Waals surface area contributed by atoms with E-state index >= 15 is 0 Å². The molecule has 12 heteroatoms. The van der Waals surface area contributed by atoms with Crippen molar-refractivity contribution in [1.82, 2.24) is 29.3 Å². The van der Waals surface area contributed by atoms with Crippen molar-refractivity contribution in [2.75, 3.05) is 31.2 Å². The SMILES string of the molecule is CCOc1ncc(CN2C3CC2CN(c2ccn(-c4cc(OCC(C)(C)O)cn5ncc(C#N)c45)n2)C3)cc1F. The Morgan fingerprint density at radius 3 is 2.70 bits per heavy atom. The van der Waals surface area contributed by atoms with Gasteiger partial charge in [0.2, 0.25) is 5.88 Å². The van der Waals surface area contributed by atoms with Gasteiger partial charge in [-0.25, -0.2) is 18.6 Å². The van der Waals surface area contributed by atoms with Crippen LogP contribution in [0.25, 0.3) is 11.2 Å². The number of rotatable bonds is 9. The Kier molecular flexibility index (Phi) is 6.56. The molecular formula is C28H31FN8O3. The van der Waals surface area contributed by atoms with Gasteiger partial charge in [0.1, 0.15) is 23.9 Å². The van der Waals surface area contributed by atoms with Crippen molar-refractivity contribution in [3.63, 3.8) is 0 Å². The third kappa shape index (κ3) is 4.94. The van der Waals surface area contributed by atoms with E-state index in [9.17, 15) is 14.8 Å². The zero-order valence-electron chi connectivity index (χ0n) is 22.7. The molecule has 2 unspecified atom stereocenters. The minimum Gasteiger partial charge on any atom is -0.489 e. The summed E-state index contributed by atoms with van der Waals surface area (Å²) in [5.41, 5.74) is 1.53. The molecule has 4 aromatic heterocycles. The molecule has 1 N–H and O–H groups in total. The van der Waals surface area contributed by atoms with Crippen LogP contribution in [-0.2, 0) is 6.54 Å². The average molecular weight is 547 g/mol. The van der Waals surface area contributed by atoms with E-state index in [4.69, 9.17) is 14.6 Å². The summed E-state index contributed by atoms with van der Waals surface area (Å²) < 4.78 is 28.7. The average Bonchev–Trinajstić information content (AvgIpc) is 3.59. The van der Waals surface area contributed by atoms with Crippen molar-refractivity contribution in [2.24, 2.45) is 0 Å². The first-order chi connectivity index (χ1) is 19.2. The van der Waals surface area contributed by atoms with Gasteiger partial charge in [0.05, 0.1) is 35.9 Å². The maximum absolute atomic E-state index is 14.3. The summed E-state index contributed by atoms with van der Waals surface area (Å²) in [4.78, 5) is 8.78. The molecule has 0 aliphatic carbocycles. The van der Waals surface area contributed by atoms with Crippen LogP contribution < -0.4 is 14.4 Å². The summed E-state index contributed by atoms with van der Waals surface area (Å²) >= 11 is 0. The predicted octanol–water partition coefficient (Wildman–Crippen LogP) is 2.94. The number of pyridine rings is 2. The molecule has 0 aromatic carbocycles. The van der Waals surface area contributed by atoms with Gasteiger partial charge in [0, 0.05) is 56.2 Å². The van der Waals surface area contributed by atoms with Crippen LogP contribution in [0, 0.1) is 17.1 Å². The Morgan fingerprint density at radius 2 is 2.00 bits per heavy atom. The Balaban J connectivity index is 1.19. The standard InChI is InChI=1S/C28H31FN8O3/c1-4-39-27-23(29)7-18(11-31-27)13-35-20-8-21(35)15-34(14-20)25-5-6-36(33-25)24-9-22(40-17-28(2,3)38)16-37-26(24)19(10-30)12-32-37/h5-7,9,11-12,16,20-21,38H,4,8,13-15,17H2,1-3H3. The molecule has 3 aliphatic heterocycles. The van der Waals surface area contributed by atoms with Crippen molar-refractivity contribution in [3.8, 4) is 23.4 Å². The molecule has 40 heavy (non-hydrogen) atoms. The Labute approximate surface area is 231 Å². The van der Waals surface area contributed by atoms with Crippen molar-refractivity contribution in [1.29, 1.82) is 5.26 Å². The lowest BCUT2D eigenvalue weighted by Gasteiger charge is -2.56. The van der Waals surface area contributed by atoms with Gasteiger partial charge in [0.25, 0.3) is 0 Å². The number of hydrogen-bond acceptors (Lipinski definition) is 9. The number of nitriles is 1. The highest BCUT2D eigenvalue weighted by molar-refractivity contribution is 5.73. The second kappa shape index (κ2) is 10.1. The minimum absolute atomic E-state index is 0.0428. The zero-order chi connectivity index (χ0) is 28.0. The van der Waals surface area contributed by atoms with E-state index in [0.717, 1.165) is 30.9 Å². The summed E-state index contributed by atoms with van der Waals surface area (Å²) in [6.07, 6.45) is 7.85. The predicted molar refractivity (Wildman–Crippen MR) is 144 cm³/mol. The second-order valence-electron chi connectivity index (χ2n) is 10.9. The minimum atomic E-state index is -1.00. The summed E-state index contributed by atoms with van der Waals surface area (Å²) in [6.45, 7) is 7.87. The van der Waals surface area contributed by atoms with Gasteiger partial charge in [0.15, 0.2) is 11.6 Å². The first-order valence-electron chi connectivity index (χ1n) is 13.3. The number of anilines is 1. The molecule has 3 aliphatic rings. The molecule has 3 saturated heterocycles. The number of piperazine rings is 1. The molecular weight excluding hydrogens is 515 g/mol. The fraction of sp³-hybridized carbons (Fsp3) is 0.429. The van der Waals surface area contributed by atoms with E-state index in [1.807, 2.05) is 12.3 Å². The molecule has 7 heterocycles. The van der Waals surface area contributed by atoms with Crippen LogP contribution in [0.4, 0.5) is 10.2 Å². The number of nitrogens with zero attached hydrogens (tertiary/aromatic N) is 8. The van der Waals surface area contributed by atoms with E-state index in [-0.39, 0.29) is 12.5 Å². The Morgan fingerprint density at radius 1 is 1.20 bits per heavy atom. The molecule has 11 nitrogen and oxygen atoms in total. The molecule has 0 saturated carbocycles. The molecule has 7 rings (SSSR count). The summed E-state index contributed by atoms with van der Waals surface area (Å²) in [7, 11) is 0. The van der Waals surface area contributed by atoms with Crippen LogP contribution in [0.3, 0.4) is 0 Å². The normalized spacial score (nSPS) is 18.9. The number of aliphatic hydroxyl groups is 1. The lowest BCUT2D eigenvalue weighted by Crippen LogP contribution is -2.68. The number of hydrogen-bond donors (Lipinski definition) is 1. The summed E-state index contributed by atoms with van der Waals surface area (Å²) in [5.74, 6) is 0.950. The van der Waals surface area contributed by atoms with Gasteiger partial charge in [-0.1, -0.05) is 0 Å². The van der Waals surface area contributed by atoms with Crippen molar-refractivity contribution < 1.29 is 19.0 Å². The number of fused-ring (bicyclic) bond motifs is 3. The lowest BCUT2D eigenvalue weighted by molar-refractivity contribution is -0.00886. The fourth-order valence-corrected chi connectivity index (χ4v) is 5.43. The van der Waals surface area contributed by atoms with Gasteiger partial charge in [-0.05, 0) is 38.8 Å². The van der Waals surface area contributed by atoms with E-state index in [1.54, 1.807) is 48.4 Å². The van der Waals surface area contributed by atoms with Crippen molar-refractivity contribution in [2.45, 2.75) is 51.4 Å². The molecule has 0 spiro atoms. The quantitative estimate of drug-likeness (QED) is 0.338. The maximum atomic E-state index is 14.3. The van der Waals surface area contributed by atoms with Gasteiger partial charge in [-0.3, -0.25) is 4.90 Å². The van der Waals surface area contributed by atoms with Crippen molar-refractivity contribution in [3.05, 3.63) is 59.9 Å². The number of ether oxygens (including phenoxy) is 2. The zero-order valence-corrected chi connectivity index (χ0v) is 22.7. The largest absolute Gasteiger partial charge is 0.489 e. The molecule has 3 fully saturated rings. The second-order valence-corrected chi connectivity index (χ2v) is 10.9. The van der Waals surface area contributed by atoms with Crippen LogP contribution in [-0.4, -0.2) is 78.4 Å². The smallest absolute Gasteiger partial charge is 0.250 e. The third-order valence-corrected chi connectivity index (χ3v) is 7.28. The monoisotopic (exact) mass is 546 g/mol. The third-order valence-electron chi connectivity index (χ3n) is 7.28. The topological polar surface area (TPSA) is 117 Å². The highest BCUT2D eigenvalue weighted by atomic mass is 19.1. The van der Waals surface area contributed by atoms with E-state index in [0.29, 0.717) is 47.8 Å². The lowest BCUT2D eigenvalue weighted by atomic mass is 9.87. The summed E-state index contributed by atoms with van der Waals surface area (Å²) in [6, 6.07) is 8.15. The van der Waals surface area contributed by atoms with Crippen LogP contribution in [0.15, 0.2) is 43.0 Å². The van der Waals surface area contributed by atoms with Gasteiger partial charge in [-0.15, -0.1) is 0 Å². The Bertz CT molecular complexity index is 1570. The molecule has 0 radical (unpaired) electrons. The van der Waals surface area contributed by atoms with E-state index in [2.05, 4.69) is 26.0 Å². The first-order valence-corrected chi connectivity index (χ1v) is 13.3. The molecule has 2 bridgehead atoms. The Hall–Kier alpha value is -4.21. The van der Waals surface area contributed by atoms with Crippen molar-refractivity contribution >= 4 is 11.3 Å². The molecule has 208 valence electrons. The number of piperidine rings is 1. The van der Waals surface area contributed by atoms with Gasteiger partial charge >= 0.3 is 0 Å². The summed E-state index contributed by atoms with van der Waals surface area (Å²) in [5, 5.41) is 28.9. The molecule has 4 aromatic rings. The highest BCUT2D eigenvalue weighted by Gasteiger charge is 2.45. The first kappa shape index (κ1) is 26.0.